The van der Waals surface area contributed by atoms with E-state index in [0.717, 1.165) is 5.56 Å². The summed E-state index contributed by atoms with van der Waals surface area (Å²) in [4.78, 5) is 1.55. The fourth-order valence-electron chi connectivity index (χ4n) is 3.79. The van der Waals surface area contributed by atoms with Crippen molar-refractivity contribution in [2.24, 2.45) is 5.92 Å². The van der Waals surface area contributed by atoms with Crippen LogP contribution in [0, 0.1) is 5.92 Å². The summed E-state index contributed by atoms with van der Waals surface area (Å²) in [7, 11) is 0. The van der Waals surface area contributed by atoms with Crippen molar-refractivity contribution in [3.05, 3.63) is 45.2 Å². The molecule has 21 heavy (non-hydrogen) atoms. The van der Waals surface area contributed by atoms with Gasteiger partial charge in [-0.25, -0.2) is 0 Å². The highest BCUT2D eigenvalue weighted by Gasteiger charge is 2.44. The molecule has 0 aliphatic carbocycles. The lowest BCUT2D eigenvalue weighted by molar-refractivity contribution is -0.875. The number of piperidine rings is 1. The molecular formula is C15H16Cl2N3S+. The molecule has 1 aromatic rings. The van der Waals surface area contributed by atoms with Crippen LogP contribution in [0.15, 0.2) is 29.6 Å². The molecule has 1 aromatic carbocycles. The lowest BCUT2D eigenvalue weighted by Gasteiger charge is -2.45. The van der Waals surface area contributed by atoms with Gasteiger partial charge in [-0.15, -0.1) is 0 Å². The molecule has 3 N–H and O–H groups in total. The predicted molar refractivity (Wildman–Crippen MR) is 88.5 cm³/mol. The van der Waals surface area contributed by atoms with Crippen molar-refractivity contribution in [1.82, 2.24) is 10.6 Å². The van der Waals surface area contributed by atoms with Crippen molar-refractivity contribution < 1.29 is 4.90 Å². The number of halogens is 2. The first-order chi connectivity index (χ1) is 10.1. The van der Waals surface area contributed by atoms with Crippen molar-refractivity contribution >= 4 is 40.5 Å². The van der Waals surface area contributed by atoms with Crippen molar-refractivity contribution in [2.45, 2.75) is 18.9 Å². The van der Waals surface area contributed by atoms with Gasteiger partial charge >= 0.3 is 0 Å². The molecule has 0 amide bonds. The van der Waals surface area contributed by atoms with Crippen LogP contribution in [0.4, 0.5) is 0 Å². The van der Waals surface area contributed by atoms with Gasteiger partial charge in [0.05, 0.1) is 18.8 Å². The molecule has 6 heteroatoms. The second-order valence-electron chi connectivity index (χ2n) is 5.90. The smallest absolute Gasteiger partial charge is 0.171 e. The Hall–Kier alpha value is -0.810. The zero-order valence-corrected chi connectivity index (χ0v) is 13.7. The maximum atomic E-state index is 6.42. The predicted octanol–water partition coefficient (Wildman–Crippen LogP) is 2.03. The van der Waals surface area contributed by atoms with Gasteiger partial charge in [-0.2, -0.15) is 0 Å². The van der Waals surface area contributed by atoms with Crippen molar-refractivity contribution in [3.63, 3.8) is 0 Å². The minimum atomic E-state index is 0.0524. The van der Waals surface area contributed by atoms with Gasteiger partial charge in [-0.1, -0.05) is 29.3 Å². The lowest BCUT2D eigenvalue weighted by Crippen LogP contribution is -3.14. The van der Waals surface area contributed by atoms with Crippen LogP contribution >= 0.6 is 35.4 Å². The minimum Gasteiger partial charge on any atom is -0.347 e. The van der Waals surface area contributed by atoms with E-state index in [4.69, 9.17) is 35.4 Å². The highest BCUT2D eigenvalue weighted by molar-refractivity contribution is 7.80. The molecule has 1 atom stereocenters. The first kappa shape index (κ1) is 13.8. The monoisotopic (exact) mass is 340 g/mol. The Morgan fingerprint density at radius 2 is 1.95 bits per heavy atom. The lowest BCUT2D eigenvalue weighted by atomic mass is 9.83. The molecule has 4 aliphatic heterocycles. The second kappa shape index (κ2) is 5.13. The molecule has 0 saturated carbocycles. The van der Waals surface area contributed by atoms with Crippen LogP contribution in [0.5, 0.6) is 0 Å². The van der Waals surface area contributed by atoms with E-state index >= 15 is 0 Å². The summed E-state index contributed by atoms with van der Waals surface area (Å²) in [5, 5.41) is 8.83. The second-order valence-corrected chi connectivity index (χ2v) is 7.15. The Morgan fingerprint density at radius 3 is 2.67 bits per heavy atom. The van der Waals surface area contributed by atoms with E-state index in [0.29, 0.717) is 21.1 Å². The summed E-state index contributed by atoms with van der Waals surface area (Å²) >= 11 is 17.8. The average molecular weight is 341 g/mol. The first-order valence-electron chi connectivity index (χ1n) is 7.25. The number of nitrogens with one attached hydrogen (secondary N) is 3. The van der Waals surface area contributed by atoms with Crippen molar-refractivity contribution in [3.8, 4) is 0 Å². The SMILES string of the molecule is S=C1NC2=C([C@H](c3ccc(Cl)cc3Cl)N1)[NH+]1CCC2CC1. The Balaban J connectivity index is 1.83. The van der Waals surface area contributed by atoms with Crippen LogP contribution in [0.2, 0.25) is 10.0 Å². The Kier molecular flexibility index (Phi) is 3.38. The van der Waals surface area contributed by atoms with Crippen molar-refractivity contribution in [2.75, 3.05) is 13.1 Å². The summed E-state index contributed by atoms with van der Waals surface area (Å²) in [5.74, 6) is 0.617. The summed E-state index contributed by atoms with van der Waals surface area (Å²) in [6.45, 7) is 2.39. The largest absolute Gasteiger partial charge is 0.347 e. The number of hydrogen-bond acceptors (Lipinski definition) is 1. The van der Waals surface area contributed by atoms with E-state index in [-0.39, 0.29) is 6.04 Å². The molecule has 0 spiro atoms. The molecule has 0 aromatic heterocycles. The molecule has 0 radical (unpaired) electrons. The summed E-state index contributed by atoms with van der Waals surface area (Å²) < 4.78 is 0. The van der Waals surface area contributed by atoms with Gasteiger partial charge in [0, 0.05) is 34.4 Å². The molecule has 2 bridgehead atoms. The highest BCUT2D eigenvalue weighted by atomic mass is 35.5. The molecule has 110 valence electrons. The standard InChI is InChI=1S/C15H15Cl2N3S/c16-9-1-2-10(11(17)7-9)13-14-12(18-15(21)19-13)8-3-5-20(14)6-4-8/h1-2,7-8,13H,3-6H2,(H2,18,19,21)/p+1/t13-/m0/s1. The van der Waals surface area contributed by atoms with Gasteiger partial charge in [0.25, 0.3) is 0 Å². The number of rotatable bonds is 1. The van der Waals surface area contributed by atoms with Gasteiger partial charge < -0.3 is 15.5 Å². The third-order valence-electron chi connectivity index (χ3n) is 4.75. The zero-order valence-electron chi connectivity index (χ0n) is 11.4. The molecule has 4 aliphatic rings. The molecule has 1 fully saturated rings. The Morgan fingerprint density at radius 1 is 1.19 bits per heavy atom. The van der Waals surface area contributed by atoms with Gasteiger partial charge in [-0.3, -0.25) is 0 Å². The van der Waals surface area contributed by atoms with Crippen LogP contribution in [-0.4, -0.2) is 18.2 Å². The molecule has 1 saturated heterocycles. The Labute approximate surface area is 139 Å². The number of quaternary nitrogens is 1. The maximum absolute atomic E-state index is 6.42. The highest BCUT2D eigenvalue weighted by Crippen LogP contribution is 2.36. The molecular weight excluding hydrogens is 325 g/mol. The zero-order chi connectivity index (χ0) is 14.6. The summed E-state index contributed by atoms with van der Waals surface area (Å²) in [6.07, 6.45) is 2.48. The van der Waals surface area contributed by atoms with Gasteiger partial charge in [0.15, 0.2) is 10.8 Å². The number of allylic oxidation sites excluding steroid dienone is 1. The Bertz CT molecular complexity index is 650. The average Bonchev–Trinajstić information content (AvgIpc) is 2.47. The summed E-state index contributed by atoms with van der Waals surface area (Å²) in [6, 6.07) is 5.75. The van der Waals surface area contributed by atoms with E-state index in [9.17, 15) is 0 Å². The van der Waals surface area contributed by atoms with E-state index in [1.807, 2.05) is 12.1 Å². The van der Waals surface area contributed by atoms with E-state index in [1.165, 1.54) is 37.3 Å². The van der Waals surface area contributed by atoms with E-state index < -0.39 is 0 Å². The number of fused-ring (bicyclic) bond motifs is 2. The topological polar surface area (TPSA) is 28.5 Å². The molecule has 5 rings (SSSR count). The van der Waals surface area contributed by atoms with Crippen LogP contribution in [0.1, 0.15) is 24.4 Å². The van der Waals surface area contributed by atoms with Gasteiger partial charge in [0.2, 0.25) is 0 Å². The molecule has 3 nitrogen and oxygen atoms in total. The van der Waals surface area contributed by atoms with E-state index in [1.54, 1.807) is 11.0 Å². The van der Waals surface area contributed by atoms with Crippen LogP contribution in [0.3, 0.4) is 0 Å². The van der Waals surface area contributed by atoms with Crippen LogP contribution in [-0.2, 0) is 0 Å². The summed E-state index contributed by atoms with van der Waals surface area (Å²) in [5.41, 5.74) is 3.76. The number of thiocarbonyl (C=S) groups is 1. The number of hydrogen-bond donors (Lipinski definition) is 3. The quantitative estimate of drug-likeness (QED) is 0.683. The van der Waals surface area contributed by atoms with Gasteiger partial charge in [0.1, 0.15) is 6.04 Å². The van der Waals surface area contributed by atoms with Crippen molar-refractivity contribution in [1.29, 1.82) is 0 Å². The minimum absolute atomic E-state index is 0.0524. The van der Waals surface area contributed by atoms with Gasteiger partial charge in [-0.05, 0) is 24.4 Å². The molecule has 0 unspecified atom stereocenters. The fraction of sp³-hybridized carbons (Fsp3) is 0.400. The first-order valence-corrected chi connectivity index (χ1v) is 8.41. The molecule has 4 heterocycles. The maximum Gasteiger partial charge on any atom is 0.171 e. The number of benzene rings is 1. The van der Waals surface area contributed by atoms with E-state index in [2.05, 4.69) is 10.6 Å². The third-order valence-corrected chi connectivity index (χ3v) is 5.54. The van der Waals surface area contributed by atoms with Crippen LogP contribution < -0.4 is 15.5 Å². The fourth-order valence-corrected chi connectivity index (χ4v) is 4.54. The van der Waals surface area contributed by atoms with Crippen LogP contribution in [0.25, 0.3) is 0 Å². The third kappa shape index (κ3) is 2.25. The normalized spacial score (nSPS) is 30.8.